The molecule has 2 heterocycles. The zero-order chi connectivity index (χ0) is 19.2. The van der Waals surface area contributed by atoms with Crippen LogP contribution >= 0.6 is 11.3 Å². The summed E-state index contributed by atoms with van der Waals surface area (Å²) < 4.78 is 18.7. The average Bonchev–Trinajstić information content (AvgIpc) is 3.28. The van der Waals surface area contributed by atoms with Crippen molar-refractivity contribution in [3.8, 4) is 0 Å². The highest BCUT2D eigenvalue weighted by Crippen LogP contribution is 2.16. The number of aryl methyl sites for hydroxylation is 1. The van der Waals surface area contributed by atoms with Gasteiger partial charge in [0.15, 0.2) is 5.13 Å². The van der Waals surface area contributed by atoms with Crippen LogP contribution in [0.5, 0.6) is 0 Å². The lowest BCUT2D eigenvalue weighted by Crippen LogP contribution is -2.43. The number of carbonyl (C=O) groups excluding carboxylic acids is 2. The molecule has 1 saturated heterocycles. The molecule has 144 valence electrons. The molecule has 6 nitrogen and oxygen atoms in total. The Morgan fingerprint density at radius 3 is 2.78 bits per heavy atom. The summed E-state index contributed by atoms with van der Waals surface area (Å²) in [6.07, 6.45) is 1.87. The first-order valence-corrected chi connectivity index (χ1v) is 9.73. The van der Waals surface area contributed by atoms with E-state index in [9.17, 15) is 14.0 Å². The zero-order valence-corrected chi connectivity index (χ0v) is 15.9. The highest BCUT2D eigenvalue weighted by atomic mass is 32.1. The summed E-state index contributed by atoms with van der Waals surface area (Å²) in [7, 11) is 0. The van der Waals surface area contributed by atoms with E-state index in [-0.39, 0.29) is 36.7 Å². The molecule has 27 heavy (non-hydrogen) atoms. The van der Waals surface area contributed by atoms with Gasteiger partial charge >= 0.3 is 0 Å². The highest BCUT2D eigenvalue weighted by Gasteiger charge is 2.24. The van der Waals surface area contributed by atoms with Crippen molar-refractivity contribution in [2.24, 2.45) is 0 Å². The van der Waals surface area contributed by atoms with Gasteiger partial charge in [0.25, 0.3) is 0 Å². The van der Waals surface area contributed by atoms with Crippen LogP contribution in [0.3, 0.4) is 0 Å². The third-order valence-corrected chi connectivity index (χ3v) is 5.14. The summed E-state index contributed by atoms with van der Waals surface area (Å²) in [5, 5.41) is 5.09. The van der Waals surface area contributed by atoms with E-state index >= 15 is 0 Å². The number of aromatic nitrogens is 1. The molecule has 1 N–H and O–H groups in total. The summed E-state index contributed by atoms with van der Waals surface area (Å²) >= 11 is 1.34. The lowest BCUT2D eigenvalue weighted by Gasteiger charge is -2.25. The molecule has 1 aromatic carbocycles. The fourth-order valence-corrected chi connectivity index (χ4v) is 3.63. The van der Waals surface area contributed by atoms with Crippen LogP contribution in [0.15, 0.2) is 29.6 Å². The van der Waals surface area contributed by atoms with Crippen LogP contribution in [0.4, 0.5) is 9.52 Å². The Labute approximate surface area is 161 Å². The number of hydrogen-bond acceptors (Lipinski definition) is 5. The number of carbonyl (C=O) groups is 2. The minimum atomic E-state index is -0.347. The molecule has 0 aliphatic carbocycles. The van der Waals surface area contributed by atoms with E-state index in [1.165, 1.54) is 28.4 Å². The van der Waals surface area contributed by atoms with Crippen LogP contribution in [0.2, 0.25) is 0 Å². The number of nitrogens with zero attached hydrogens (tertiary/aromatic N) is 2. The highest BCUT2D eigenvalue weighted by molar-refractivity contribution is 7.13. The van der Waals surface area contributed by atoms with Crippen molar-refractivity contribution in [2.75, 3.05) is 25.0 Å². The summed E-state index contributed by atoms with van der Waals surface area (Å²) in [6.45, 7) is 2.82. The van der Waals surface area contributed by atoms with Gasteiger partial charge in [0.2, 0.25) is 11.8 Å². The smallest absolute Gasteiger partial charge is 0.245 e. The molecule has 1 atom stereocenters. The molecule has 0 saturated carbocycles. The Morgan fingerprint density at radius 1 is 1.37 bits per heavy atom. The van der Waals surface area contributed by atoms with Crippen molar-refractivity contribution in [3.05, 3.63) is 46.7 Å². The first-order valence-electron chi connectivity index (χ1n) is 8.85. The number of benzene rings is 1. The Hall–Kier alpha value is -2.32. The number of anilines is 1. The molecule has 8 heteroatoms. The summed E-state index contributed by atoms with van der Waals surface area (Å²) in [6, 6.07) is 5.81. The van der Waals surface area contributed by atoms with Crippen molar-refractivity contribution < 1.29 is 18.7 Å². The van der Waals surface area contributed by atoms with E-state index in [2.05, 4.69) is 10.3 Å². The minimum Gasteiger partial charge on any atom is -0.376 e. The molecule has 2 aromatic rings. The van der Waals surface area contributed by atoms with Crippen molar-refractivity contribution in [1.29, 1.82) is 0 Å². The van der Waals surface area contributed by atoms with Gasteiger partial charge in [0.05, 0.1) is 18.2 Å². The maximum Gasteiger partial charge on any atom is 0.245 e. The number of thiazole rings is 1. The average molecular weight is 391 g/mol. The second kappa shape index (κ2) is 9.05. The number of halogens is 1. The van der Waals surface area contributed by atoms with Gasteiger partial charge < -0.3 is 15.0 Å². The van der Waals surface area contributed by atoms with Crippen LogP contribution in [0.1, 0.15) is 24.1 Å². The summed E-state index contributed by atoms with van der Waals surface area (Å²) in [4.78, 5) is 30.9. The number of hydrogen-bond donors (Lipinski definition) is 1. The monoisotopic (exact) mass is 391 g/mol. The molecule has 1 aromatic heterocycles. The van der Waals surface area contributed by atoms with Gasteiger partial charge in [-0.2, -0.15) is 0 Å². The quantitative estimate of drug-likeness (QED) is 0.788. The van der Waals surface area contributed by atoms with Gasteiger partial charge in [-0.3, -0.25) is 9.59 Å². The lowest BCUT2D eigenvalue weighted by atomic mass is 10.1. The topological polar surface area (TPSA) is 71.5 Å². The number of amides is 2. The van der Waals surface area contributed by atoms with Crippen LogP contribution in [-0.4, -0.2) is 47.5 Å². The van der Waals surface area contributed by atoms with Gasteiger partial charge in [0, 0.05) is 18.5 Å². The third-order valence-electron chi connectivity index (χ3n) is 4.27. The van der Waals surface area contributed by atoms with Crippen LogP contribution in [-0.2, 0) is 20.7 Å². The molecule has 0 spiro atoms. The van der Waals surface area contributed by atoms with Gasteiger partial charge in [0.1, 0.15) is 12.4 Å². The van der Waals surface area contributed by atoms with E-state index in [4.69, 9.17) is 4.74 Å². The largest absolute Gasteiger partial charge is 0.376 e. The molecule has 1 aliphatic rings. The maximum absolute atomic E-state index is 13.1. The Bertz CT molecular complexity index is 788. The molecule has 0 bridgehead atoms. The number of nitrogens with one attached hydrogen (secondary N) is 1. The van der Waals surface area contributed by atoms with E-state index in [1.807, 2.05) is 12.3 Å². The van der Waals surface area contributed by atoms with Crippen molar-refractivity contribution >= 4 is 28.3 Å². The molecule has 3 rings (SSSR count). The Balaban J connectivity index is 1.64. The lowest BCUT2D eigenvalue weighted by molar-refractivity contribution is -0.135. The third kappa shape index (κ3) is 5.83. The summed E-state index contributed by atoms with van der Waals surface area (Å²) in [5.74, 6) is -0.835. The molecule has 1 fully saturated rings. The number of ether oxygens (including phenoxy) is 1. The molecular formula is C19H22FN3O3S. The van der Waals surface area contributed by atoms with E-state index in [0.717, 1.165) is 18.5 Å². The second-order valence-electron chi connectivity index (χ2n) is 6.55. The molecular weight excluding hydrogens is 369 g/mol. The molecule has 2 amide bonds. The van der Waals surface area contributed by atoms with Gasteiger partial charge in [-0.15, -0.1) is 11.3 Å². The van der Waals surface area contributed by atoms with E-state index < -0.39 is 0 Å². The maximum atomic E-state index is 13.1. The van der Waals surface area contributed by atoms with Crippen molar-refractivity contribution in [1.82, 2.24) is 9.88 Å². The first kappa shape index (κ1) is 19.4. The molecule has 0 unspecified atom stereocenters. The standard InChI is InChI=1S/C19H22FN3O3S/c1-13-12-27-19(21-13)22-17(24)11-23(10-16-3-2-8-26-16)18(25)9-14-4-6-15(20)7-5-14/h4-7,12,16H,2-3,8-11H2,1H3,(H,21,22,24)/t16-/m0/s1. The second-order valence-corrected chi connectivity index (χ2v) is 7.41. The SMILES string of the molecule is Cc1csc(NC(=O)CN(C[C@@H]2CCCO2)C(=O)Cc2ccc(F)cc2)n1. The fourth-order valence-electron chi connectivity index (χ4n) is 2.92. The van der Waals surface area contributed by atoms with Gasteiger partial charge in [-0.1, -0.05) is 12.1 Å². The normalized spacial score (nSPS) is 16.3. The van der Waals surface area contributed by atoms with Crippen LogP contribution in [0, 0.1) is 12.7 Å². The number of rotatable bonds is 7. The van der Waals surface area contributed by atoms with Crippen LogP contribution in [0.25, 0.3) is 0 Å². The molecule has 1 aliphatic heterocycles. The Kier molecular flexibility index (Phi) is 6.52. The van der Waals surface area contributed by atoms with Crippen molar-refractivity contribution in [3.63, 3.8) is 0 Å². The molecule has 0 radical (unpaired) electrons. The van der Waals surface area contributed by atoms with Gasteiger partial charge in [-0.05, 0) is 37.5 Å². The van der Waals surface area contributed by atoms with Crippen LogP contribution < -0.4 is 5.32 Å². The minimum absolute atomic E-state index is 0.0583. The predicted molar refractivity (Wildman–Crippen MR) is 101 cm³/mol. The summed E-state index contributed by atoms with van der Waals surface area (Å²) in [5.41, 5.74) is 1.54. The Morgan fingerprint density at radius 2 is 2.15 bits per heavy atom. The van der Waals surface area contributed by atoms with Crippen molar-refractivity contribution in [2.45, 2.75) is 32.3 Å². The zero-order valence-electron chi connectivity index (χ0n) is 15.1. The van der Waals surface area contributed by atoms with Gasteiger partial charge in [-0.25, -0.2) is 9.37 Å². The predicted octanol–water partition coefficient (Wildman–Crippen LogP) is 2.78. The first-order chi connectivity index (χ1) is 13.0. The van der Waals surface area contributed by atoms with E-state index in [0.29, 0.717) is 23.8 Å². The van der Waals surface area contributed by atoms with E-state index in [1.54, 1.807) is 12.1 Å². The fraction of sp³-hybridized carbons (Fsp3) is 0.421.